The van der Waals surface area contributed by atoms with Gasteiger partial charge in [0.05, 0.1) is 23.7 Å². The van der Waals surface area contributed by atoms with Crippen LogP contribution in [0.3, 0.4) is 0 Å². The molecule has 1 amide bonds. The van der Waals surface area contributed by atoms with E-state index in [0.717, 1.165) is 15.4 Å². The number of carbonyl (C=O) groups excluding carboxylic acids is 1. The number of fused-ring (bicyclic) bond motifs is 1. The number of sulfonamides is 1. The molecule has 8 nitrogen and oxygen atoms in total. The maximum Gasteiger partial charge on any atom is 0.264 e. The van der Waals surface area contributed by atoms with E-state index in [0.29, 0.717) is 36.1 Å². The molecular formula is C26H28N2O6S. The van der Waals surface area contributed by atoms with Crippen molar-refractivity contribution in [2.45, 2.75) is 24.8 Å². The third-order valence-corrected chi connectivity index (χ3v) is 7.49. The summed E-state index contributed by atoms with van der Waals surface area (Å²) in [7, 11) is -2.51. The van der Waals surface area contributed by atoms with Crippen LogP contribution in [0.15, 0.2) is 71.6 Å². The molecule has 0 unspecified atom stereocenters. The normalized spacial score (nSPS) is 13.6. The number of benzene rings is 3. The third-order valence-electron chi connectivity index (χ3n) is 5.70. The van der Waals surface area contributed by atoms with Crippen LogP contribution in [0, 0.1) is 6.92 Å². The highest BCUT2D eigenvalue weighted by Gasteiger charge is 2.28. The smallest absolute Gasteiger partial charge is 0.264 e. The molecule has 0 saturated carbocycles. The molecule has 1 aliphatic heterocycles. The number of ether oxygens (including phenoxy) is 3. The molecule has 4 rings (SSSR count). The predicted octanol–water partition coefficient (Wildman–Crippen LogP) is 3.85. The fraction of sp³-hybridized carbons (Fsp3) is 0.269. The minimum absolute atomic E-state index is 0.0616. The lowest BCUT2D eigenvalue weighted by Gasteiger charge is -2.26. The van der Waals surface area contributed by atoms with Crippen molar-refractivity contribution in [3.05, 3.63) is 77.9 Å². The van der Waals surface area contributed by atoms with Gasteiger partial charge in [0.25, 0.3) is 10.0 Å². The number of methoxy groups -OCH3 is 1. The molecule has 0 radical (unpaired) electrons. The number of amides is 1. The topological polar surface area (TPSA) is 94.2 Å². The van der Waals surface area contributed by atoms with E-state index in [2.05, 4.69) is 5.32 Å². The average Bonchev–Trinajstić information content (AvgIpc) is 2.87. The number of nitrogens with one attached hydrogen (secondary N) is 1. The second-order valence-electron chi connectivity index (χ2n) is 8.22. The van der Waals surface area contributed by atoms with Crippen molar-refractivity contribution in [1.29, 1.82) is 0 Å². The Morgan fingerprint density at radius 3 is 2.31 bits per heavy atom. The molecule has 0 bridgehead atoms. The lowest BCUT2D eigenvalue weighted by atomic mass is 10.1. The SMILES string of the molecule is COc1ccc(S(=O)(=O)N(CC(=O)N[C@@H](C)c2ccc3c(c2)OCCO3)c2ccc(C)cc2)cc1. The van der Waals surface area contributed by atoms with E-state index in [4.69, 9.17) is 14.2 Å². The number of hydrogen-bond acceptors (Lipinski definition) is 6. The molecule has 0 spiro atoms. The molecule has 3 aromatic carbocycles. The lowest BCUT2D eigenvalue weighted by molar-refractivity contribution is -0.120. The minimum atomic E-state index is -4.02. The Hall–Kier alpha value is -3.72. The summed E-state index contributed by atoms with van der Waals surface area (Å²) in [6.45, 7) is 4.32. The maximum absolute atomic E-state index is 13.5. The van der Waals surface area contributed by atoms with Crippen LogP contribution in [-0.2, 0) is 14.8 Å². The molecule has 184 valence electrons. The van der Waals surface area contributed by atoms with E-state index in [1.54, 1.807) is 30.3 Å². The highest BCUT2D eigenvalue weighted by molar-refractivity contribution is 7.92. The second kappa shape index (κ2) is 10.3. The van der Waals surface area contributed by atoms with Crippen LogP contribution in [0.2, 0.25) is 0 Å². The fourth-order valence-electron chi connectivity index (χ4n) is 3.73. The summed E-state index contributed by atoms with van der Waals surface area (Å²) < 4.78 is 44.5. The first-order valence-electron chi connectivity index (χ1n) is 11.2. The van der Waals surface area contributed by atoms with Gasteiger partial charge < -0.3 is 19.5 Å². The van der Waals surface area contributed by atoms with Crippen LogP contribution in [0.5, 0.6) is 17.2 Å². The fourth-order valence-corrected chi connectivity index (χ4v) is 5.15. The van der Waals surface area contributed by atoms with Crippen molar-refractivity contribution < 1.29 is 27.4 Å². The molecule has 1 atom stereocenters. The van der Waals surface area contributed by atoms with Crippen LogP contribution >= 0.6 is 0 Å². The zero-order chi connectivity index (χ0) is 25.0. The van der Waals surface area contributed by atoms with E-state index >= 15 is 0 Å². The zero-order valence-electron chi connectivity index (χ0n) is 19.9. The van der Waals surface area contributed by atoms with Crippen molar-refractivity contribution in [2.24, 2.45) is 0 Å². The van der Waals surface area contributed by atoms with Crippen LogP contribution in [0.1, 0.15) is 24.1 Å². The van der Waals surface area contributed by atoms with Gasteiger partial charge in [0, 0.05) is 0 Å². The minimum Gasteiger partial charge on any atom is -0.497 e. The standard InChI is InChI=1S/C26H28N2O6S/c1-18-4-7-21(8-5-18)28(35(30,31)23-11-9-22(32-3)10-12-23)17-26(29)27-19(2)20-6-13-24-25(16-20)34-15-14-33-24/h4-13,16,19H,14-15,17H2,1-3H3,(H,27,29)/t19-/m0/s1. The quantitative estimate of drug-likeness (QED) is 0.509. The largest absolute Gasteiger partial charge is 0.497 e. The molecule has 1 aliphatic rings. The second-order valence-corrected chi connectivity index (χ2v) is 10.1. The highest BCUT2D eigenvalue weighted by Crippen LogP contribution is 2.32. The van der Waals surface area contributed by atoms with Gasteiger partial charge in [-0.2, -0.15) is 0 Å². The van der Waals surface area contributed by atoms with E-state index in [1.807, 2.05) is 38.1 Å². The van der Waals surface area contributed by atoms with Gasteiger partial charge in [-0.25, -0.2) is 8.42 Å². The molecule has 3 aromatic rings. The Morgan fingerprint density at radius 2 is 1.66 bits per heavy atom. The van der Waals surface area contributed by atoms with Crippen molar-refractivity contribution in [2.75, 3.05) is 31.2 Å². The molecule has 1 heterocycles. The summed E-state index contributed by atoms with van der Waals surface area (Å²) in [4.78, 5) is 13.1. The Labute approximate surface area is 205 Å². The Bertz CT molecular complexity index is 1290. The first-order chi connectivity index (χ1) is 16.8. The van der Waals surface area contributed by atoms with Gasteiger partial charge in [0.15, 0.2) is 11.5 Å². The summed E-state index contributed by atoms with van der Waals surface area (Å²) in [5, 5.41) is 2.89. The summed E-state index contributed by atoms with van der Waals surface area (Å²) in [6, 6.07) is 18.2. The molecule has 1 N–H and O–H groups in total. The van der Waals surface area contributed by atoms with Gasteiger partial charge in [0.2, 0.25) is 5.91 Å². The van der Waals surface area contributed by atoms with Gasteiger partial charge in [-0.1, -0.05) is 23.8 Å². The summed E-state index contributed by atoms with van der Waals surface area (Å²) in [6.07, 6.45) is 0. The van der Waals surface area contributed by atoms with Gasteiger partial charge >= 0.3 is 0 Å². The lowest BCUT2D eigenvalue weighted by Crippen LogP contribution is -2.41. The zero-order valence-corrected chi connectivity index (χ0v) is 20.7. The number of nitrogens with zero attached hydrogens (tertiary/aromatic N) is 1. The van der Waals surface area contributed by atoms with E-state index < -0.39 is 15.9 Å². The van der Waals surface area contributed by atoms with Crippen LogP contribution < -0.4 is 23.8 Å². The van der Waals surface area contributed by atoms with E-state index in [9.17, 15) is 13.2 Å². The van der Waals surface area contributed by atoms with Gasteiger partial charge in [-0.15, -0.1) is 0 Å². The van der Waals surface area contributed by atoms with Crippen molar-refractivity contribution in [1.82, 2.24) is 5.32 Å². The number of anilines is 1. The Morgan fingerprint density at radius 1 is 1.00 bits per heavy atom. The van der Waals surface area contributed by atoms with E-state index in [1.165, 1.54) is 19.2 Å². The third kappa shape index (κ3) is 5.51. The molecular weight excluding hydrogens is 468 g/mol. The number of hydrogen-bond donors (Lipinski definition) is 1. The van der Waals surface area contributed by atoms with Crippen LogP contribution in [0.25, 0.3) is 0 Å². The Kier molecular flexibility index (Phi) is 7.16. The summed E-state index contributed by atoms with van der Waals surface area (Å²) >= 11 is 0. The van der Waals surface area contributed by atoms with Gasteiger partial charge in [0.1, 0.15) is 25.5 Å². The molecule has 0 saturated heterocycles. The van der Waals surface area contributed by atoms with Gasteiger partial charge in [-0.05, 0) is 67.9 Å². The first-order valence-corrected chi connectivity index (χ1v) is 12.6. The molecule has 0 aliphatic carbocycles. The summed E-state index contributed by atoms with van der Waals surface area (Å²) in [5.41, 5.74) is 2.20. The molecule has 35 heavy (non-hydrogen) atoms. The average molecular weight is 497 g/mol. The molecule has 0 fully saturated rings. The maximum atomic E-state index is 13.5. The van der Waals surface area contributed by atoms with Crippen molar-refractivity contribution in [3.8, 4) is 17.2 Å². The van der Waals surface area contributed by atoms with Crippen LogP contribution in [0.4, 0.5) is 5.69 Å². The van der Waals surface area contributed by atoms with Crippen LogP contribution in [-0.4, -0.2) is 41.2 Å². The van der Waals surface area contributed by atoms with Crippen molar-refractivity contribution >= 4 is 21.6 Å². The Balaban J connectivity index is 1.56. The van der Waals surface area contributed by atoms with Gasteiger partial charge in [-0.3, -0.25) is 9.10 Å². The highest BCUT2D eigenvalue weighted by atomic mass is 32.2. The first kappa shape index (κ1) is 24.4. The van der Waals surface area contributed by atoms with Crippen molar-refractivity contribution in [3.63, 3.8) is 0 Å². The number of rotatable bonds is 8. The summed E-state index contributed by atoms with van der Waals surface area (Å²) in [5.74, 6) is 1.38. The number of aryl methyl sites for hydroxylation is 1. The number of carbonyl (C=O) groups is 1. The molecule has 0 aromatic heterocycles. The monoisotopic (exact) mass is 496 g/mol. The van der Waals surface area contributed by atoms with E-state index in [-0.39, 0.29) is 17.5 Å². The molecule has 9 heteroatoms. The predicted molar refractivity (Wildman–Crippen MR) is 133 cm³/mol.